The number of carbonyl (C=O) groups is 1. The lowest BCUT2D eigenvalue weighted by Crippen LogP contribution is -2.12. The molecule has 5 aromatic rings. The lowest BCUT2D eigenvalue weighted by atomic mass is 9.90. The van der Waals surface area contributed by atoms with Crippen molar-refractivity contribution in [3.8, 4) is 11.1 Å². The van der Waals surface area contributed by atoms with Crippen molar-refractivity contribution in [1.82, 2.24) is 10.3 Å². The zero-order chi connectivity index (χ0) is 25.8. The number of nitrogens with zero attached hydrogens (tertiary/aromatic N) is 1. The Bertz CT molecular complexity index is 1550. The van der Waals surface area contributed by atoms with Gasteiger partial charge < -0.3 is 5.32 Å². The van der Waals surface area contributed by atoms with Gasteiger partial charge in [-0.1, -0.05) is 91.0 Å². The zero-order valence-corrected chi connectivity index (χ0v) is 19.8. The largest absolute Gasteiger partial charge is 0.418 e. The van der Waals surface area contributed by atoms with Gasteiger partial charge in [0.05, 0.1) is 11.1 Å². The van der Waals surface area contributed by atoms with E-state index in [0.29, 0.717) is 29.8 Å². The number of benzene rings is 4. The van der Waals surface area contributed by atoms with Gasteiger partial charge in [0.2, 0.25) is 0 Å². The van der Waals surface area contributed by atoms with E-state index in [9.17, 15) is 18.0 Å². The molecule has 37 heavy (non-hydrogen) atoms. The fourth-order valence-corrected chi connectivity index (χ4v) is 4.46. The second kappa shape index (κ2) is 10.4. The van der Waals surface area contributed by atoms with Crippen LogP contribution in [0.3, 0.4) is 0 Å². The fourth-order valence-electron chi connectivity index (χ4n) is 4.46. The summed E-state index contributed by atoms with van der Waals surface area (Å²) in [6.45, 7) is 1.23. The molecule has 4 aromatic carbocycles. The number of ketones is 1. The van der Waals surface area contributed by atoms with Crippen LogP contribution in [-0.2, 0) is 19.3 Å². The number of nitrogens with one attached hydrogen (secondary N) is 1. The Morgan fingerprint density at radius 1 is 0.757 bits per heavy atom. The molecule has 1 aromatic heterocycles. The van der Waals surface area contributed by atoms with Gasteiger partial charge in [0.1, 0.15) is 0 Å². The number of aromatic nitrogens is 1. The molecule has 3 nitrogen and oxygen atoms in total. The number of halogens is 3. The maximum absolute atomic E-state index is 13.8. The van der Waals surface area contributed by atoms with E-state index in [1.54, 1.807) is 36.4 Å². The first kappa shape index (κ1) is 24.4. The van der Waals surface area contributed by atoms with Crippen LogP contribution in [0.15, 0.2) is 109 Å². The van der Waals surface area contributed by atoms with Crippen molar-refractivity contribution in [1.29, 1.82) is 0 Å². The van der Waals surface area contributed by atoms with Gasteiger partial charge in [0.25, 0.3) is 0 Å². The Hall–Kier alpha value is -4.29. The quantitative estimate of drug-likeness (QED) is 0.238. The highest BCUT2D eigenvalue weighted by molar-refractivity contribution is 6.16. The molecule has 0 aliphatic heterocycles. The number of para-hydroxylation sites is 1. The average Bonchev–Trinajstić information content (AvgIpc) is 2.92. The SMILES string of the molecule is O=C(c1ccccc1)c1cnc2c(C(F)(F)F)cccc2c1-c1cccc(CNCc2ccccc2)c1. The Kier molecular flexibility index (Phi) is 6.84. The van der Waals surface area contributed by atoms with Crippen molar-refractivity contribution >= 4 is 16.7 Å². The van der Waals surface area contributed by atoms with Gasteiger partial charge >= 0.3 is 6.18 Å². The van der Waals surface area contributed by atoms with Crippen molar-refractivity contribution in [3.63, 3.8) is 0 Å². The molecular weight excluding hydrogens is 473 g/mol. The Morgan fingerprint density at radius 2 is 1.41 bits per heavy atom. The first-order valence-corrected chi connectivity index (χ1v) is 11.8. The minimum atomic E-state index is -4.57. The molecule has 5 rings (SSSR count). The van der Waals surface area contributed by atoms with Crippen LogP contribution in [0.2, 0.25) is 0 Å². The molecule has 0 amide bonds. The molecule has 1 heterocycles. The fraction of sp³-hybridized carbons (Fsp3) is 0.0968. The normalized spacial score (nSPS) is 11.5. The lowest BCUT2D eigenvalue weighted by Gasteiger charge is -2.16. The van der Waals surface area contributed by atoms with E-state index in [2.05, 4.69) is 10.3 Å². The van der Waals surface area contributed by atoms with E-state index >= 15 is 0 Å². The van der Waals surface area contributed by atoms with Gasteiger partial charge in [-0.15, -0.1) is 0 Å². The monoisotopic (exact) mass is 496 g/mol. The summed E-state index contributed by atoms with van der Waals surface area (Å²) in [6.07, 6.45) is -3.31. The van der Waals surface area contributed by atoms with Crippen LogP contribution < -0.4 is 5.32 Å². The maximum Gasteiger partial charge on any atom is 0.418 e. The minimum Gasteiger partial charge on any atom is -0.309 e. The van der Waals surface area contributed by atoms with E-state index in [0.717, 1.165) is 17.2 Å². The Labute approximate surface area is 212 Å². The van der Waals surface area contributed by atoms with Crippen molar-refractivity contribution in [3.05, 3.63) is 137 Å². The van der Waals surface area contributed by atoms with E-state index in [-0.39, 0.29) is 22.2 Å². The van der Waals surface area contributed by atoms with Crippen LogP contribution in [0.5, 0.6) is 0 Å². The molecule has 0 unspecified atom stereocenters. The number of hydrogen-bond acceptors (Lipinski definition) is 3. The summed E-state index contributed by atoms with van der Waals surface area (Å²) in [6, 6.07) is 30.2. The van der Waals surface area contributed by atoms with E-state index < -0.39 is 11.7 Å². The molecule has 6 heteroatoms. The summed E-state index contributed by atoms with van der Waals surface area (Å²) < 4.78 is 41.4. The van der Waals surface area contributed by atoms with Gasteiger partial charge in [-0.25, -0.2) is 0 Å². The van der Waals surface area contributed by atoms with Crippen LogP contribution in [0.25, 0.3) is 22.0 Å². The van der Waals surface area contributed by atoms with Crippen LogP contribution in [0.4, 0.5) is 13.2 Å². The molecule has 0 saturated heterocycles. The minimum absolute atomic E-state index is 0.179. The molecule has 0 spiro atoms. The Morgan fingerprint density at radius 3 is 2.14 bits per heavy atom. The molecule has 0 fully saturated rings. The molecule has 0 radical (unpaired) electrons. The molecule has 0 aliphatic rings. The van der Waals surface area contributed by atoms with Crippen molar-refractivity contribution in [2.75, 3.05) is 0 Å². The molecular formula is C31H23F3N2O. The molecule has 1 N–H and O–H groups in total. The van der Waals surface area contributed by atoms with Crippen LogP contribution in [0, 0.1) is 0 Å². The Balaban J connectivity index is 1.60. The summed E-state index contributed by atoms with van der Waals surface area (Å²) in [5, 5.41) is 3.68. The standard InChI is InChI=1S/C31H23F3N2O/c32-31(33,34)27-16-8-15-25-28(26(20-36-29(25)27)30(37)23-12-5-2-6-13-23)24-14-7-11-22(17-24)19-35-18-21-9-3-1-4-10-21/h1-17,20,35H,18-19H2. The van der Waals surface area contributed by atoms with Crippen molar-refractivity contribution in [2.24, 2.45) is 0 Å². The van der Waals surface area contributed by atoms with Gasteiger partial charge in [-0.3, -0.25) is 9.78 Å². The first-order valence-electron chi connectivity index (χ1n) is 11.8. The van der Waals surface area contributed by atoms with Crippen molar-refractivity contribution in [2.45, 2.75) is 19.3 Å². The molecule has 0 saturated carbocycles. The third-order valence-corrected chi connectivity index (χ3v) is 6.20. The molecule has 0 aliphatic carbocycles. The number of hydrogen-bond donors (Lipinski definition) is 1. The van der Waals surface area contributed by atoms with E-state index in [1.165, 1.54) is 12.3 Å². The first-order chi connectivity index (χ1) is 17.9. The number of carbonyl (C=O) groups excluding carboxylic acids is 1. The third kappa shape index (κ3) is 5.29. The van der Waals surface area contributed by atoms with E-state index in [4.69, 9.17) is 0 Å². The summed E-state index contributed by atoms with van der Waals surface area (Å²) in [4.78, 5) is 17.6. The van der Waals surface area contributed by atoms with Crippen LogP contribution in [0.1, 0.15) is 32.6 Å². The van der Waals surface area contributed by atoms with Gasteiger partial charge in [0.15, 0.2) is 5.78 Å². The molecule has 0 atom stereocenters. The van der Waals surface area contributed by atoms with Gasteiger partial charge in [-0.05, 0) is 28.8 Å². The van der Waals surface area contributed by atoms with E-state index in [1.807, 2.05) is 54.6 Å². The predicted molar refractivity (Wildman–Crippen MR) is 139 cm³/mol. The summed E-state index contributed by atoms with van der Waals surface area (Å²) >= 11 is 0. The number of fused-ring (bicyclic) bond motifs is 1. The van der Waals surface area contributed by atoms with Crippen molar-refractivity contribution < 1.29 is 18.0 Å². The summed E-state index contributed by atoms with van der Waals surface area (Å²) in [5.74, 6) is -0.296. The highest BCUT2D eigenvalue weighted by Gasteiger charge is 2.34. The average molecular weight is 497 g/mol. The molecule has 0 bridgehead atoms. The summed E-state index contributed by atoms with van der Waals surface area (Å²) in [7, 11) is 0. The van der Waals surface area contributed by atoms with Crippen LogP contribution >= 0.6 is 0 Å². The number of pyridine rings is 1. The zero-order valence-electron chi connectivity index (χ0n) is 19.8. The van der Waals surface area contributed by atoms with Gasteiger partial charge in [0, 0.05) is 41.4 Å². The van der Waals surface area contributed by atoms with Gasteiger partial charge in [-0.2, -0.15) is 13.2 Å². The topological polar surface area (TPSA) is 42.0 Å². The molecule has 184 valence electrons. The smallest absolute Gasteiger partial charge is 0.309 e. The lowest BCUT2D eigenvalue weighted by molar-refractivity contribution is -0.136. The number of alkyl halides is 3. The highest BCUT2D eigenvalue weighted by Crippen LogP contribution is 2.39. The third-order valence-electron chi connectivity index (χ3n) is 6.20. The summed E-state index contributed by atoms with van der Waals surface area (Å²) in [5.41, 5.74) is 2.88. The number of rotatable bonds is 7. The predicted octanol–water partition coefficient (Wildman–Crippen LogP) is 7.44. The second-order valence-electron chi connectivity index (χ2n) is 8.73. The highest BCUT2D eigenvalue weighted by atomic mass is 19.4. The van der Waals surface area contributed by atoms with Crippen LogP contribution in [-0.4, -0.2) is 10.8 Å². The maximum atomic E-state index is 13.8. The second-order valence-corrected chi connectivity index (χ2v) is 8.73.